The summed E-state index contributed by atoms with van der Waals surface area (Å²) in [6.45, 7) is 8.42. The van der Waals surface area contributed by atoms with E-state index in [1.807, 2.05) is 12.4 Å². The third-order valence-electron chi connectivity index (χ3n) is 3.15. The molecule has 0 saturated heterocycles. The van der Waals surface area contributed by atoms with E-state index in [1.165, 1.54) is 12.8 Å². The minimum absolute atomic E-state index is 0.508. The maximum absolute atomic E-state index is 4.48. The number of rotatable bonds is 8. The summed E-state index contributed by atoms with van der Waals surface area (Å²) in [6, 6.07) is 0.508. The lowest BCUT2D eigenvalue weighted by atomic mass is 10.2. The molecule has 0 aliphatic heterocycles. The lowest BCUT2D eigenvalue weighted by Gasteiger charge is -2.25. The highest BCUT2D eigenvalue weighted by molar-refractivity contribution is 5.35. The zero-order chi connectivity index (χ0) is 13.4. The van der Waals surface area contributed by atoms with Gasteiger partial charge in [0.05, 0.1) is 18.1 Å². The van der Waals surface area contributed by atoms with Crippen LogP contribution in [0.5, 0.6) is 0 Å². The summed E-state index contributed by atoms with van der Waals surface area (Å²) in [5.74, 6) is 0.954. The summed E-state index contributed by atoms with van der Waals surface area (Å²) in [4.78, 5) is 11.1. The smallest absolute Gasteiger partial charge is 0.147 e. The van der Waals surface area contributed by atoms with Gasteiger partial charge in [0.15, 0.2) is 0 Å². The summed E-state index contributed by atoms with van der Waals surface area (Å²) in [7, 11) is 2.08. The fourth-order valence-electron chi connectivity index (χ4n) is 1.85. The molecule has 1 rings (SSSR count). The molecule has 1 aromatic rings. The molecule has 1 unspecified atom stereocenters. The van der Waals surface area contributed by atoms with Crippen LogP contribution in [0.25, 0.3) is 0 Å². The number of aromatic nitrogens is 2. The summed E-state index contributed by atoms with van der Waals surface area (Å²) < 4.78 is 0. The van der Waals surface area contributed by atoms with Gasteiger partial charge in [-0.2, -0.15) is 0 Å². The summed E-state index contributed by atoms with van der Waals surface area (Å²) in [5, 5.41) is 3.33. The van der Waals surface area contributed by atoms with Crippen LogP contribution < -0.4 is 10.2 Å². The Kier molecular flexibility index (Phi) is 6.65. The van der Waals surface area contributed by atoms with Crippen molar-refractivity contribution in [1.29, 1.82) is 0 Å². The Morgan fingerprint density at radius 2 is 2.00 bits per heavy atom. The minimum atomic E-state index is 0.508. The molecule has 1 aromatic heterocycles. The molecule has 0 aliphatic carbocycles. The lowest BCUT2D eigenvalue weighted by Crippen LogP contribution is -2.29. The van der Waals surface area contributed by atoms with Crippen molar-refractivity contribution in [3.05, 3.63) is 18.1 Å². The average Bonchev–Trinajstić information content (AvgIpc) is 2.39. The molecule has 0 aliphatic rings. The molecular weight excluding hydrogens is 224 g/mol. The van der Waals surface area contributed by atoms with Crippen molar-refractivity contribution >= 4 is 5.82 Å². The highest BCUT2D eigenvalue weighted by Gasteiger charge is 2.10. The summed E-state index contributed by atoms with van der Waals surface area (Å²) in [6.07, 6.45) is 7.25. The van der Waals surface area contributed by atoms with Crippen LogP contribution in [0.1, 0.15) is 45.7 Å². The zero-order valence-electron chi connectivity index (χ0n) is 12.1. The predicted molar refractivity (Wildman–Crippen MR) is 76.8 cm³/mol. The van der Waals surface area contributed by atoms with Crippen LogP contribution >= 0.6 is 0 Å². The van der Waals surface area contributed by atoms with Gasteiger partial charge in [-0.15, -0.1) is 0 Å². The highest BCUT2D eigenvalue weighted by atomic mass is 15.2. The molecule has 0 aromatic carbocycles. The van der Waals surface area contributed by atoms with E-state index in [0.717, 1.165) is 31.0 Å². The predicted octanol–water partition coefficient (Wildman–Crippen LogP) is 2.60. The number of hydrogen-bond acceptors (Lipinski definition) is 4. The van der Waals surface area contributed by atoms with Gasteiger partial charge in [0, 0.05) is 19.6 Å². The van der Waals surface area contributed by atoms with E-state index in [9.17, 15) is 0 Å². The topological polar surface area (TPSA) is 41.1 Å². The van der Waals surface area contributed by atoms with E-state index in [0.29, 0.717) is 6.04 Å². The molecule has 1 atom stereocenters. The first-order valence-corrected chi connectivity index (χ1v) is 6.93. The molecule has 0 bridgehead atoms. The second-order valence-corrected chi connectivity index (χ2v) is 4.79. The molecule has 4 heteroatoms. The number of nitrogens with one attached hydrogen (secondary N) is 1. The quantitative estimate of drug-likeness (QED) is 0.720. The van der Waals surface area contributed by atoms with Crippen molar-refractivity contribution in [2.45, 2.75) is 52.6 Å². The maximum Gasteiger partial charge on any atom is 0.147 e. The molecule has 0 radical (unpaired) electrons. The molecule has 18 heavy (non-hydrogen) atoms. The highest BCUT2D eigenvalue weighted by Crippen LogP contribution is 2.13. The zero-order valence-corrected chi connectivity index (χ0v) is 12.1. The lowest BCUT2D eigenvalue weighted by molar-refractivity contribution is 0.608. The summed E-state index contributed by atoms with van der Waals surface area (Å²) in [5.41, 5.74) is 1.00. The summed E-state index contributed by atoms with van der Waals surface area (Å²) >= 11 is 0. The van der Waals surface area contributed by atoms with Crippen molar-refractivity contribution in [2.75, 3.05) is 18.5 Å². The molecule has 0 spiro atoms. The first kappa shape index (κ1) is 14.9. The first-order chi connectivity index (χ1) is 8.69. The molecular formula is C14H26N4. The van der Waals surface area contributed by atoms with E-state index in [1.54, 1.807) is 0 Å². The van der Waals surface area contributed by atoms with Gasteiger partial charge in [-0.05, 0) is 26.3 Å². The molecule has 1 N–H and O–H groups in total. The second kappa shape index (κ2) is 8.03. The molecule has 0 fully saturated rings. The van der Waals surface area contributed by atoms with Gasteiger partial charge in [0.1, 0.15) is 5.82 Å². The molecule has 102 valence electrons. The van der Waals surface area contributed by atoms with Crippen LogP contribution in [-0.2, 0) is 6.54 Å². The van der Waals surface area contributed by atoms with E-state index < -0.39 is 0 Å². The van der Waals surface area contributed by atoms with Crippen molar-refractivity contribution in [3.63, 3.8) is 0 Å². The van der Waals surface area contributed by atoms with Crippen LogP contribution in [0.15, 0.2) is 12.4 Å². The standard InChI is InChI=1S/C14H26N4/c1-5-7-12(3)18(4)14-11-16-13(10-17-14)9-15-8-6-2/h10-12,15H,5-9H2,1-4H3. The van der Waals surface area contributed by atoms with E-state index in [4.69, 9.17) is 0 Å². The minimum Gasteiger partial charge on any atom is -0.356 e. The maximum atomic E-state index is 4.48. The first-order valence-electron chi connectivity index (χ1n) is 6.93. The van der Waals surface area contributed by atoms with Gasteiger partial charge < -0.3 is 10.2 Å². The van der Waals surface area contributed by atoms with Crippen LogP contribution in [-0.4, -0.2) is 29.6 Å². The second-order valence-electron chi connectivity index (χ2n) is 4.79. The van der Waals surface area contributed by atoms with Crippen molar-refractivity contribution < 1.29 is 0 Å². The van der Waals surface area contributed by atoms with Gasteiger partial charge in [-0.25, -0.2) is 4.98 Å². The Morgan fingerprint density at radius 1 is 1.22 bits per heavy atom. The third-order valence-corrected chi connectivity index (χ3v) is 3.15. The SMILES string of the molecule is CCCNCc1cnc(N(C)C(C)CCC)cn1. The van der Waals surface area contributed by atoms with Crippen LogP contribution in [0.4, 0.5) is 5.82 Å². The fraction of sp³-hybridized carbons (Fsp3) is 0.714. The third kappa shape index (κ3) is 4.61. The van der Waals surface area contributed by atoms with Gasteiger partial charge in [-0.3, -0.25) is 4.98 Å². The number of nitrogens with zero attached hydrogens (tertiary/aromatic N) is 3. The largest absolute Gasteiger partial charge is 0.356 e. The van der Waals surface area contributed by atoms with Crippen molar-refractivity contribution in [1.82, 2.24) is 15.3 Å². The molecule has 0 saturated carbocycles. The Labute approximate surface area is 111 Å². The van der Waals surface area contributed by atoms with Gasteiger partial charge in [0.25, 0.3) is 0 Å². The van der Waals surface area contributed by atoms with Gasteiger partial charge in [-0.1, -0.05) is 20.3 Å². The van der Waals surface area contributed by atoms with Crippen molar-refractivity contribution in [3.8, 4) is 0 Å². The van der Waals surface area contributed by atoms with E-state index in [2.05, 4.69) is 48.0 Å². The molecule has 0 amide bonds. The molecule has 1 heterocycles. The Morgan fingerprint density at radius 3 is 2.56 bits per heavy atom. The van der Waals surface area contributed by atoms with Crippen LogP contribution in [0.3, 0.4) is 0 Å². The van der Waals surface area contributed by atoms with Crippen LogP contribution in [0.2, 0.25) is 0 Å². The van der Waals surface area contributed by atoms with E-state index >= 15 is 0 Å². The van der Waals surface area contributed by atoms with Gasteiger partial charge >= 0.3 is 0 Å². The van der Waals surface area contributed by atoms with Gasteiger partial charge in [0.2, 0.25) is 0 Å². The number of anilines is 1. The van der Waals surface area contributed by atoms with Crippen molar-refractivity contribution in [2.24, 2.45) is 0 Å². The Hall–Kier alpha value is -1.16. The number of hydrogen-bond donors (Lipinski definition) is 1. The monoisotopic (exact) mass is 250 g/mol. The van der Waals surface area contributed by atoms with Crippen LogP contribution in [0, 0.1) is 0 Å². The molecule has 4 nitrogen and oxygen atoms in total. The van der Waals surface area contributed by atoms with E-state index in [-0.39, 0.29) is 0 Å². The normalized spacial score (nSPS) is 12.4. The fourth-order valence-corrected chi connectivity index (χ4v) is 1.85. The average molecular weight is 250 g/mol. The Bertz CT molecular complexity index is 323. The Balaban J connectivity index is 2.53.